The minimum absolute atomic E-state index is 0.0791. The summed E-state index contributed by atoms with van der Waals surface area (Å²) in [6.45, 7) is 3.30. The molecule has 1 aromatic carbocycles. The van der Waals surface area contributed by atoms with Gasteiger partial charge >= 0.3 is 0 Å². The van der Waals surface area contributed by atoms with Gasteiger partial charge in [-0.3, -0.25) is 10.1 Å². The second-order valence-corrected chi connectivity index (χ2v) is 6.19. The predicted octanol–water partition coefficient (Wildman–Crippen LogP) is 2.28. The molecule has 0 radical (unpaired) electrons. The van der Waals surface area contributed by atoms with Crippen LogP contribution in [0.3, 0.4) is 0 Å². The summed E-state index contributed by atoms with van der Waals surface area (Å²) < 4.78 is 26.4. The van der Waals surface area contributed by atoms with E-state index in [0.717, 1.165) is 6.07 Å². The number of benzene rings is 1. The van der Waals surface area contributed by atoms with Crippen molar-refractivity contribution in [3.8, 4) is 0 Å². The minimum atomic E-state index is -3.78. The zero-order chi connectivity index (χ0) is 15.3. The molecular weight excluding hydrogens is 304 g/mol. The van der Waals surface area contributed by atoms with Gasteiger partial charge in [0.05, 0.1) is 9.82 Å². The molecule has 0 heterocycles. The number of rotatable bonds is 6. The normalized spacial score (nSPS) is 11.9. The highest BCUT2D eigenvalue weighted by molar-refractivity contribution is 7.89. The van der Waals surface area contributed by atoms with Gasteiger partial charge in [-0.05, 0) is 25.5 Å². The Morgan fingerprint density at radius 2 is 2.00 bits per heavy atom. The molecule has 0 saturated carbocycles. The Bertz CT molecular complexity index is 641. The Kier molecular flexibility index (Phi) is 5.67. The third kappa shape index (κ3) is 4.03. The Morgan fingerprint density at radius 3 is 2.55 bits per heavy atom. The molecule has 0 saturated heterocycles. The number of nitro benzene ring substituents is 1. The van der Waals surface area contributed by atoms with Gasteiger partial charge in [0.2, 0.25) is 10.0 Å². The molecule has 0 amide bonds. The number of aryl methyl sites for hydroxylation is 1. The van der Waals surface area contributed by atoms with E-state index in [1.807, 2.05) is 0 Å². The number of alkyl halides is 1. The largest absolute Gasteiger partial charge is 0.273 e. The molecular formula is C12H15ClN2O4S. The molecule has 0 fully saturated rings. The van der Waals surface area contributed by atoms with Crippen LogP contribution in [0.5, 0.6) is 0 Å². The van der Waals surface area contributed by atoms with Crippen molar-refractivity contribution >= 4 is 27.3 Å². The summed E-state index contributed by atoms with van der Waals surface area (Å²) in [4.78, 5) is 10.2. The predicted molar refractivity (Wildman–Crippen MR) is 77.6 cm³/mol. The van der Waals surface area contributed by atoms with E-state index in [9.17, 15) is 18.5 Å². The standard InChI is InChI=1S/C12H15ClN2O4S/c1-9-7-11(8-12(10(9)2)15(16)17)20(18,19)14-6-4-3-5-13/h3-4,7-8,14H,5-6H2,1-2H3/b4-3+. The van der Waals surface area contributed by atoms with E-state index in [2.05, 4.69) is 4.72 Å². The highest BCUT2D eigenvalue weighted by Gasteiger charge is 2.21. The second kappa shape index (κ2) is 6.83. The Labute approximate surface area is 122 Å². The van der Waals surface area contributed by atoms with Gasteiger partial charge in [-0.25, -0.2) is 13.1 Å². The van der Waals surface area contributed by atoms with Crippen LogP contribution in [0.25, 0.3) is 0 Å². The molecule has 0 atom stereocenters. The van der Waals surface area contributed by atoms with Crippen LogP contribution in [-0.2, 0) is 10.0 Å². The molecule has 0 aliphatic rings. The number of nitrogens with one attached hydrogen (secondary N) is 1. The number of nitrogens with zero attached hydrogens (tertiary/aromatic N) is 1. The van der Waals surface area contributed by atoms with Crippen molar-refractivity contribution < 1.29 is 13.3 Å². The van der Waals surface area contributed by atoms with Crippen LogP contribution in [0.4, 0.5) is 5.69 Å². The number of allylic oxidation sites excluding steroid dienone is 1. The van der Waals surface area contributed by atoms with E-state index < -0.39 is 14.9 Å². The van der Waals surface area contributed by atoms with E-state index in [0.29, 0.717) is 11.1 Å². The second-order valence-electron chi connectivity index (χ2n) is 4.12. The molecule has 0 bridgehead atoms. The zero-order valence-electron chi connectivity index (χ0n) is 11.1. The lowest BCUT2D eigenvalue weighted by molar-refractivity contribution is -0.385. The van der Waals surface area contributed by atoms with Crippen molar-refractivity contribution in [3.63, 3.8) is 0 Å². The van der Waals surface area contributed by atoms with Crippen molar-refractivity contribution in [2.45, 2.75) is 18.7 Å². The van der Waals surface area contributed by atoms with Crippen LogP contribution < -0.4 is 4.72 Å². The molecule has 20 heavy (non-hydrogen) atoms. The number of nitro groups is 1. The summed E-state index contributed by atoms with van der Waals surface area (Å²) in [5.41, 5.74) is 0.800. The van der Waals surface area contributed by atoms with Gasteiger partial charge in [-0.2, -0.15) is 0 Å². The van der Waals surface area contributed by atoms with Crippen LogP contribution in [0.1, 0.15) is 11.1 Å². The summed E-state index contributed by atoms with van der Waals surface area (Å²) in [6, 6.07) is 2.48. The highest BCUT2D eigenvalue weighted by Crippen LogP contribution is 2.25. The molecule has 1 N–H and O–H groups in total. The molecule has 0 aliphatic heterocycles. The van der Waals surface area contributed by atoms with E-state index in [1.165, 1.54) is 6.07 Å². The first-order chi connectivity index (χ1) is 9.29. The number of halogens is 1. The monoisotopic (exact) mass is 318 g/mol. The van der Waals surface area contributed by atoms with Gasteiger partial charge in [-0.15, -0.1) is 11.6 Å². The van der Waals surface area contributed by atoms with Gasteiger partial charge in [0.15, 0.2) is 0 Å². The summed E-state index contributed by atoms with van der Waals surface area (Å²) in [5, 5.41) is 10.9. The molecule has 0 aromatic heterocycles. The van der Waals surface area contributed by atoms with Crippen molar-refractivity contribution in [1.82, 2.24) is 4.72 Å². The molecule has 1 rings (SSSR count). The summed E-state index contributed by atoms with van der Waals surface area (Å²) in [6.07, 6.45) is 3.17. The summed E-state index contributed by atoms with van der Waals surface area (Å²) in [7, 11) is -3.78. The minimum Gasteiger partial charge on any atom is -0.258 e. The third-order valence-corrected chi connectivity index (χ3v) is 4.35. The summed E-state index contributed by atoms with van der Waals surface area (Å²) in [5.74, 6) is 0.289. The maximum absolute atomic E-state index is 12.0. The maximum atomic E-state index is 12.0. The smallest absolute Gasteiger partial charge is 0.258 e. The lowest BCUT2D eigenvalue weighted by atomic mass is 10.1. The molecule has 110 valence electrons. The molecule has 1 aromatic rings. The average molecular weight is 319 g/mol. The molecule has 0 spiro atoms. The van der Waals surface area contributed by atoms with Crippen molar-refractivity contribution in [3.05, 3.63) is 45.5 Å². The Balaban J connectivity index is 3.13. The van der Waals surface area contributed by atoms with Gasteiger partial charge in [-0.1, -0.05) is 12.2 Å². The summed E-state index contributed by atoms with van der Waals surface area (Å²) >= 11 is 5.42. The first-order valence-corrected chi connectivity index (χ1v) is 7.77. The third-order valence-electron chi connectivity index (χ3n) is 2.77. The Morgan fingerprint density at radius 1 is 1.35 bits per heavy atom. The van der Waals surface area contributed by atoms with Crippen LogP contribution in [0, 0.1) is 24.0 Å². The fourth-order valence-electron chi connectivity index (χ4n) is 1.54. The number of hydrogen-bond donors (Lipinski definition) is 1. The topological polar surface area (TPSA) is 89.3 Å². The fourth-order valence-corrected chi connectivity index (χ4v) is 2.75. The zero-order valence-corrected chi connectivity index (χ0v) is 12.7. The van der Waals surface area contributed by atoms with Crippen LogP contribution in [-0.4, -0.2) is 25.8 Å². The van der Waals surface area contributed by atoms with Gasteiger partial charge < -0.3 is 0 Å². The Hall–Kier alpha value is -1.44. The first-order valence-electron chi connectivity index (χ1n) is 5.76. The lowest BCUT2D eigenvalue weighted by Crippen LogP contribution is -2.24. The first kappa shape index (κ1) is 16.6. The fraction of sp³-hybridized carbons (Fsp3) is 0.333. The number of hydrogen-bond acceptors (Lipinski definition) is 4. The molecule has 8 heteroatoms. The highest BCUT2D eigenvalue weighted by atomic mass is 35.5. The molecule has 0 unspecified atom stereocenters. The van der Waals surface area contributed by atoms with Gasteiger partial charge in [0.1, 0.15) is 0 Å². The average Bonchev–Trinajstić information content (AvgIpc) is 2.37. The van der Waals surface area contributed by atoms with Crippen molar-refractivity contribution in [2.24, 2.45) is 0 Å². The van der Waals surface area contributed by atoms with E-state index in [1.54, 1.807) is 26.0 Å². The van der Waals surface area contributed by atoms with Crippen molar-refractivity contribution in [1.29, 1.82) is 0 Å². The van der Waals surface area contributed by atoms with E-state index >= 15 is 0 Å². The number of sulfonamides is 1. The van der Waals surface area contributed by atoms with Crippen molar-refractivity contribution in [2.75, 3.05) is 12.4 Å². The van der Waals surface area contributed by atoms with E-state index in [4.69, 9.17) is 11.6 Å². The van der Waals surface area contributed by atoms with E-state index in [-0.39, 0.29) is 23.0 Å². The van der Waals surface area contributed by atoms with Crippen LogP contribution >= 0.6 is 11.6 Å². The lowest BCUT2D eigenvalue weighted by Gasteiger charge is -2.08. The SMILES string of the molecule is Cc1cc(S(=O)(=O)NC/C=C/CCl)cc([N+](=O)[O-])c1C. The van der Waals surface area contributed by atoms with Crippen LogP contribution in [0.2, 0.25) is 0 Å². The quantitative estimate of drug-likeness (QED) is 0.377. The molecule has 6 nitrogen and oxygen atoms in total. The van der Waals surface area contributed by atoms with Gasteiger partial charge in [0, 0.05) is 24.1 Å². The van der Waals surface area contributed by atoms with Gasteiger partial charge in [0.25, 0.3) is 5.69 Å². The van der Waals surface area contributed by atoms with Crippen LogP contribution in [0.15, 0.2) is 29.2 Å². The molecule has 0 aliphatic carbocycles. The maximum Gasteiger partial charge on any atom is 0.273 e.